The lowest BCUT2D eigenvalue weighted by Crippen LogP contribution is -2.24. The SMILES string of the molecule is CCCC(NC(C)c1ccco1)c1ccc(Cl)cc1. The van der Waals surface area contributed by atoms with E-state index in [1.165, 1.54) is 5.56 Å². The van der Waals surface area contributed by atoms with Crippen molar-refractivity contribution in [1.82, 2.24) is 5.32 Å². The minimum Gasteiger partial charge on any atom is -0.468 e. The minimum atomic E-state index is 0.197. The van der Waals surface area contributed by atoms with E-state index in [-0.39, 0.29) is 6.04 Å². The number of hydrogen-bond acceptors (Lipinski definition) is 2. The molecule has 1 aromatic carbocycles. The molecule has 0 aliphatic rings. The molecular weight excluding hydrogens is 258 g/mol. The van der Waals surface area contributed by atoms with Crippen molar-refractivity contribution in [3.05, 3.63) is 59.0 Å². The molecule has 102 valence electrons. The average Bonchev–Trinajstić information content (AvgIpc) is 2.93. The number of furan rings is 1. The fourth-order valence-corrected chi connectivity index (χ4v) is 2.38. The first-order valence-corrected chi connectivity index (χ1v) is 7.13. The lowest BCUT2D eigenvalue weighted by atomic mass is 10.0. The molecule has 0 fully saturated rings. The Labute approximate surface area is 119 Å². The third-order valence-electron chi connectivity index (χ3n) is 3.27. The minimum absolute atomic E-state index is 0.197. The van der Waals surface area contributed by atoms with E-state index in [1.54, 1.807) is 6.26 Å². The van der Waals surface area contributed by atoms with E-state index >= 15 is 0 Å². The first kappa shape index (κ1) is 14.2. The Morgan fingerprint density at radius 1 is 1.21 bits per heavy atom. The molecule has 2 nitrogen and oxygen atoms in total. The van der Waals surface area contributed by atoms with Gasteiger partial charge in [-0.25, -0.2) is 0 Å². The fraction of sp³-hybridized carbons (Fsp3) is 0.375. The number of benzene rings is 1. The number of rotatable bonds is 6. The molecule has 0 bridgehead atoms. The summed E-state index contributed by atoms with van der Waals surface area (Å²) < 4.78 is 5.45. The maximum atomic E-state index is 5.94. The Kier molecular flexibility index (Phi) is 5.06. The summed E-state index contributed by atoms with van der Waals surface area (Å²) in [6.45, 7) is 4.32. The molecule has 19 heavy (non-hydrogen) atoms. The predicted octanol–water partition coefficient (Wildman–Crippen LogP) is 5.13. The molecule has 0 radical (unpaired) electrons. The van der Waals surface area contributed by atoms with Crippen molar-refractivity contribution in [2.45, 2.75) is 38.8 Å². The van der Waals surface area contributed by atoms with Gasteiger partial charge in [0.1, 0.15) is 5.76 Å². The first-order valence-electron chi connectivity index (χ1n) is 6.75. The summed E-state index contributed by atoms with van der Waals surface area (Å²) in [7, 11) is 0. The molecule has 2 atom stereocenters. The highest BCUT2D eigenvalue weighted by atomic mass is 35.5. The van der Waals surface area contributed by atoms with Crippen LogP contribution < -0.4 is 5.32 Å². The number of nitrogens with one attached hydrogen (secondary N) is 1. The van der Waals surface area contributed by atoms with Gasteiger partial charge in [0.2, 0.25) is 0 Å². The van der Waals surface area contributed by atoms with Gasteiger partial charge < -0.3 is 9.73 Å². The van der Waals surface area contributed by atoms with Gasteiger partial charge >= 0.3 is 0 Å². The van der Waals surface area contributed by atoms with Crippen LogP contribution in [0.25, 0.3) is 0 Å². The molecule has 2 unspecified atom stereocenters. The second kappa shape index (κ2) is 6.78. The van der Waals surface area contributed by atoms with Crippen molar-refractivity contribution in [1.29, 1.82) is 0 Å². The van der Waals surface area contributed by atoms with Crippen molar-refractivity contribution in [3.63, 3.8) is 0 Å². The van der Waals surface area contributed by atoms with Gasteiger partial charge in [0.15, 0.2) is 0 Å². The van der Waals surface area contributed by atoms with E-state index in [0.29, 0.717) is 6.04 Å². The van der Waals surface area contributed by atoms with Gasteiger partial charge in [0.05, 0.1) is 12.3 Å². The van der Waals surface area contributed by atoms with E-state index in [1.807, 2.05) is 24.3 Å². The maximum Gasteiger partial charge on any atom is 0.120 e. The molecule has 0 saturated carbocycles. The van der Waals surface area contributed by atoms with E-state index < -0.39 is 0 Å². The molecule has 0 saturated heterocycles. The fourth-order valence-electron chi connectivity index (χ4n) is 2.25. The number of halogens is 1. The smallest absolute Gasteiger partial charge is 0.120 e. The Hall–Kier alpha value is -1.25. The van der Waals surface area contributed by atoms with Crippen LogP contribution in [0.3, 0.4) is 0 Å². The van der Waals surface area contributed by atoms with Crippen LogP contribution in [0.4, 0.5) is 0 Å². The highest BCUT2D eigenvalue weighted by Crippen LogP contribution is 2.24. The standard InChI is InChI=1S/C16H20ClNO/c1-3-5-15(13-7-9-14(17)10-8-13)18-12(2)16-6-4-11-19-16/h4,6-12,15,18H,3,5H2,1-2H3. The lowest BCUT2D eigenvalue weighted by molar-refractivity contribution is 0.379. The topological polar surface area (TPSA) is 25.2 Å². The predicted molar refractivity (Wildman–Crippen MR) is 79.4 cm³/mol. The van der Waals surface area contributed by atoms with Gasteiger partial charge in [-0.15, -0.1) is 0 Å². The maximum absolute atomic E-state index is 5.94. The molecule has 2 rings (SSSR count). The summed E-state index contributed by atoms with van der Waals surface area (Å²) in [6.07, 6.45) is 3.93. The van der Waals surface area contributed by atoms with E-state index in [9.17, 15) is 0 Å². The van der Waals surface area contributed by atoms with Gasteiger partial charge in [-0.1, -0.05) is 37.1 Å². The largest absolute Gasteiger partial charge is 0.468 e. The summed E-state index contributed by atoms with van der Waals surface area (Å²) in [5.41, 5.74) is 1.27. The Bertz CT molecular complexity index is 478. The Morgan fingerprint density at radius 2 is 1.95 bits per heavy atom. The van der Waals surface area contributed by atoms with Gasteiger partial charge in [-0.2, -0.15) is 0 Å². The molecule has 1 aromatic heterocycles. The first-order chi connectivity index (χ1) is 9.20. The van der Waals surface area contributed by atoms with Crippen LogP contribution in [0.15, 0.2) is 47.1 Å². The lowest BCUT2D eigenvalue weighted by Gasteiger charge is -2.22. The van der Waals surface area contributed by atoms with Crippen molar-refractivity contribution >= 4 is 11.6 Å². The van der Waals surface area contributed by atoms with Gasteiger partial charge in [-0.05, 0) is 43.2 Å². The van der Waals surface area contributed by atoms with Crippen molar-refractivity contribution in [3.8, 4) is 0 Å². The molecule has 0 amide bonds. The zero-order valence-electron chi connectivity index (χ0n) is 11.4. The van der Waals surface area contributed by atoms with Crippen LogP contribution in [0.1, 0.15) is 50.1 Å². The second-order valence-electron chi connectivity index (χ2n) is 4.80. The highest BCUT2D eigenvalue weighted by molar-refractivity contribution is 6.30. The highest BCUT2D eigenvalue weighted by Gasteiger charge is 2.16. The summed E-state index contributed by atoms with van der Waals surface area (Å²) in [5.74, 6) is 0.968. The molecule has 1 N–H and O–H groups in total. The third-order valence-corrected chi connectivity index (χ3v) is 3.52. The second-order valence-corrected chi connectivity index (χ2v) is 5.23. The normalized spacial score (nSPS) is 14.3. The zero-order chi connectivity index (χ0) is 13.7. The third kappa shape index (κ3) is 3.85. The molecule has 0 aliphatic carbocycles. The molecule has 2 aromatic rings. The molecule has 1 heterocycles. The van der Waals surface area contributed by atoms with Crippen LogP contribution in [0.2, 0.25) is 5.02 Å². The zero-order valence-corrected chi connectivity index (χ0v) is 12.2. The van der Waals surface area contributed by atoms with Gasteiger partial charge in [-0.3, -0.25) is 0 Å². The van der Waals surface area contributed by atoms with Crippen LogP contribution in [0, 0.1) is 0 Å². The monoisotopic (exact) mass is 277 g/mol. The van der Waals surface area contributed by atoms with Crippen LogP contribution >= 0.6 is 11.6 Å². The average molecular weight is 278 g/mol. The summed E-state index contributed by atoms with van der Waals surface area (Å²) >= 11 is 5.94. The van der Waals surface area contributed by atoms with Crippen molar-refractivity contribution in [2.75, 3.05) is 0 Å². The summed E-state index contributed by atoms with van der Waals surface area (Å²) in [6, 6.07) is 12.5. The van der Waals surface area contributed by atoms with Crippen LogP contribution in [0.5, 0.6) is 0 Å². The molecule has 0 spiro atoms. The van der Waals surface area contributed by atoms with E-state index in [4.69, 9.17) is 16.0 Å². The van der Waals surface area contributed by atoms with Gasteiger partial charge in [0.25, 0.3) is 0 Å². The molecule has 0 aliphatic heterocycles. The quantitative estimate of drug-likeness (QED) is 0.792. The molecule has 3 heteroatoms. The summed E-state index contributed by atoms with van der Waals surface area (Å²) in [4.78, 5) is 0. The Balaban J connectivity index is 2.09. The van der Waals surface area contributed by atoms with E-state index in [2.05, 4.69) is 31.3 Å². The Morgan fingerprint density at radius 3 is 2.53 bits per heavy atom. The van der Waals surface area contributed by atoms with Crippen LogP contribution in [-0.2, 0) is 0 Å². The number of hydrogen-bond donors (Lipinski definition) is 1. The molecular formula is C16H20ClNO. The van der Waals surface area contributed by atoms with Gasteiger partial charge in [0, 0.05) is 11.1 Å². The van der Waals surface area contributed by atoms with Crippen LogP contribution in [-0.4, -0.2) is 0 Å². The van der Waals surface area contributed by atoms with Crippen molar-refractivity contribution in [2.24, 2.45) is 0 Å². The summed E-state index contributed by atoms with van der Waals surface area (Å²) in [5, 5.41) is 4.40. The van der Waals surface area contributed by atoms with E-state index in [0.717, 1.165) is 23.6 Å². The van der Waals surface area contributed by atoms with Crippen molar-refractivity contribution < 1.29 is 4.42 Å².